The first-order valence-corrected chi connectivity index (χ1v) is 7.62. The van der Waals surface area contributed by atoms with Crippen LogP contribution in [0, 0.1) is 0 Å². The van der Waals surface area contributed by atoms with E-state index in [0.29, 0.717) is 11.6 Å². The molecule has 15 heavy (non-hydrogen) atoms. The highest BCUT2D eigenvalue weighted by Gasteiger charge is 2.20. The lowest BCUT2D eigenvalue weighted by molar-refractivity contribution is 0.591. The Kier molecular flexibility index (Phi) is 4.24. The van der Waals surface area contributed by atoms with E-state index in [1.807, 2.05) is 12.3 Å². The Morgan fingerprint density at radius 3 is 2.80 bits per heavy atom. The summed E-state index contributed by atoms with van der Waals surface area (Å²) in [5.74, 6) is 0. The van der Waals surface area contributed by atoms with Crippen LogP contribution in [-0.4, -0.2) is 26.2 Å². The van der Waals surface area contributed by atoms with E-state index < -0.39 is 15.1 Å². The van der Waals surface area contributed by atoms with Crippen LogP contribution in [0.5, 0.6) is 0 Å². The first-order chi connectivity index (χ1) is 6.95. The molecule has 0 saturated carbocycles. The van der Waals surface area contributed by atoms with Crippen LogP contribution < -0.4 is 5.32 Å². The zero-order valence-electron chi connectivity index (χ0n) is 9.15. The third kappa shape index (κ3) is 3.55. The first-order valence-electron chi connectivity index (χ1n) is 4.79. The Morgan fingerprint density at radius 1 is 1.60 bits per heavy atom. The maximum absolute atomic E-state index is 11.3. The van der Waals surface area contributed by atoms with Gasteiger partial charge in [0.2, 0.25) is 0 Å². The number of thiazole rings is 1. The van der Waals surface area contributed by atoms with Crippen molar-refractivity contribution < 1.29 is 8.42 Å². The molecule has 1 atom stereocenters. The van der Waals surface area contributed by atoms with Crippen LogP contribution in [0.1, 0.15) is 29.8 Å². The van der Waals surface area contributed by atoms with Crippen molar-refractivity contribution in [3.05, 3.63) is 16.1 Å². The molecule has 1 rings (SSSR count). The Balaban J connectivity index is 2.76. The predicted molar refractivity (Wildman–Crippen MR) is 62.8 cm³/mol. The van der Waals surface area contributed by atoms with Gasteiger partial charge in [-0.1, -0.05) is 6.92 Å². The van der Waals surface area contributed by atoms with Crippen molar-refractivity contribution in [2.24, 2.45) is 0 Å². The second-order valence-electron chi connectivity index (χ2n) is 3.43. The summed E-state index contributed by atoms with van der Waals surface area (Å²) in [6, 6.07) is 0. The third-order valence-corrected chi connectivity index (χ3v) is 4.85. The lowest BCUT2D eigenvalue weighted by atomic mass is 10.4. The molecule has 0 aromatic carbocycles. The Morgan fingerprint density at radius 2 is 2.27 bits per heavy atom. The molecule has 86 valence electrons. The van der Waals surface area contributed by atoms with Crippen molar-refractivity contribution >= 4 is 21.2 Å². The van der Waals surface area contributed by atoms with Gasteiger partial charge in [0.05, 0.1) is 5.69 Å². The van der Waals surface area contributed by atoms with Gasteiger partial charge in [0.1, 0.15) is 10.3 Å². The van der Waals surface area contributed by atoms with Gasteiger partial charge in [0, 0.05) is 18.2 Å². The molecular weight excluding hydrogens is 232 g/mol. The zero-order valence-corrected chi connectivity index (χ0v) is 10.8. The van der Waals surface area contributed by atoms with Crippen LogP contribution in [0.2, 0.25) is 0 Å². The lowest BCUT2D eigenvalue weighted by Gasteiger charge is -2.04. The molecule has 0 amide bonds. The number of hydrogen-bond acceptors (Lipinski definition) is 5. The largest absolute Gasteiger partial charge is 0.311 e. The SMILES string of the molecule is CCNCc1csc(C(C)S(C)(=O)=O)n1. The van der Waals surface area contributed by atoms with Gasteiger partial charge in [-0.3, -0.25) is 0 Å². The van der Waals surface area contributed by atoms with Crippen molar-refractivity contribution in [2.45, 2.75) is 25.6 Å². The van der Waals surface area contributed by atoms with Gasteiger partial charge >= 0.3 is 0 Å². The third-order valence-electron chi connectivity index (χ3n) is 2.12. The molecule has 0 saturated heterocycles. The van der Waals surface area contributed by atoms with Crippen molar-refractivity contribution in [3.8, 4) is 0 Å². The van der Waals surface area contributed by atoms with Crippen molar-refractivity contribution in [1.82, 2.24) is 10.3 Å². The number of aromatic nitrogens is 1. The maximum Gasteiger partial charge on any atom is 0.156 e. The standard InChI is InChI=1S/C9H16N2O2S2/c1-4-10-5-8-6-14-9(11-8)7(2)15(3,12)13/h6-7,10H,4-5H2,1-3H3. The summed E-state index contributed by atoms with van der Waals surface area (Å²) in [5, 5.41) is 5.22. The van der Waals surface area contributed by atoms with Crippen LogP contribution in [-0.2, 0) is 16.4 Å². The van der Waals surface area contributed by atoms with Gasteiger partial charge in [0.15, 0.2) is 9.84 Å². The summed E-state index contributed by atoms with van der Waals surface area (Å²) < 4.78 is 22.6. The van der Waals surface area contributed by atoms with Gasteiger partial charge in [-0.25, -0.2) is 13.4 Å². The van der Waals surface area contributed by atoms with Crippen molar-refractivity contribution in [1.29, 1.82) is 0 Å². The minimum absolute atomic E-state index is 0.502. The van der Waals surface area contributed by atoms with E-state index in [0.717, 1.165) is 12.2 Å². The highest BCUT2D eigenvalue weighted by atomic mass is 32.2. The van der Waals surface area contributed by atoms with Crippen molar-refractivity contribution in [3.63, 3.8) is 0 Å². The molecule has 0 spiro atoms. The van der Waals surface area contributed by atoms with Crippen LogP contribution in [0.4, 0.5) is 0 Å². The number of hydrogen-bond donors (Lipinski definition) is 1. The fraction of sp³-hybridized carbons (Fsp3) is 0.667. The fourth-order valence-electron chi connectivity index (χ4n) is 1.03. The van der Waals surface area contributed by atoms with Gasteiger partial charge in [-0.15, -0.1) is 11.3 Å². The molecule has 1 aromatic rings. The van der Waals surface area contributed by atoms with Gasteiger partial charge in [-0.2, -0.15) is 0 Å². The second kappa shape index (κ2) is 5.05. The molecule has 4 nitrogen and oxygen atoms in total. The molecule has 0 aliphatic carbocycles. The summed E-state index contributed by atoms with van der Waals surface area (Å²) in [4.78, 5) is 4.29. The monoisotopic (exact) mass is 248 g/mol. The van der Waals surface area contributed by atoms with Crippen LogP contribution in [0.25, 0.3) is 0 Å². The fourth-order valence-corrected chi connectivity index (χ4v) is 2.89. The molecule has 0 aliphatic rings. The summed E-state index contributed by atoms with van der Waals surface area (Å²) in [6.07, 6.45) is 1.24. The highest BCUT2D eigenvalue weighted by Crippen LogP contribution is 2.24. The van der Waals surface area contributed by atoms with E-state index in [1.165, 1.54) is 17.6 Å². The highest BCUT2D eigenvalue weighted by molar-refractivity contribution is 7.91. The maximum atomic E-state index is 11.3. The average Bonchev–Trinajstić information content (AvgIpc) is 2.60. The van der Waals surface area contributed by atoms with Crippen LogP contribution >= 0.6 is 11.3 Å². The molecule has 6 heteroatoms. The number of nitrogens with one attached hydrogen (secondary N) is 1. The van der Waals surface area contributed by atoms with Crippen LogP contribution in [0.3, 0.4) is 0 Å². The summed E-state index contributed by atoms with van der Waals surface area (Å²) in [7, 11) is -3.04. The van der Waals surface area contributed by atoms with Gasteiger partial charge in [0.25, 0.3) is 0 Å². The van der Waals surface area contributed by atoms with Gasteiger partial charge in [-0.05, 0) is 13.5 Å². The minimum Gasteiger partial charge on any atom is -0.311 e. The molecule has 1 unspecified atom stereocenters. The smallest absolute Gasteiger partial charge is 0.156 e. The van der Waals surface area contributed by atoms with E-state index in [4.69, 9.17) is 0 Å². The Hall–Kier alpha value is -0.460. The Bertz CT molecular complexity index is 412. The first kappa shape index (κ1) is 12.6. The predicted octanol–water partition coefficient (Wildman–Crippen LogP) is 1.36. The van der Waals surface area contributed by atoms with E-state index in [9.17, 15) is 8.42 Å². The molecule has 1 heterocycles. The van der Waals surface area contributed by atoms with E-state index in [-0.39, 0.29) is 0 Å². The molecule has 1 N–H and O–H groups in total. The number of nitrogens with zero attached hydrogens (tertiary/aromatic N) is 1. The molecule has 0 fully saturated rings. The molecular formula is C9H16N2O2S2. The molecule has 0 radical (unpaired) electrons. The summed E-state index contributed by atoms with van der Waals surface area (Å²) in [6.45, 7) is 5.27. The van der Waals surface area contributed by atoms with Crippen molar-refractivity contribution in [2.75, 3.05) is 12.8 Å². The average molecular weight is 248 g/mol. The quantitative estimate of drug-likeness (QED) is 0.854. The summed E-state index contributed by atoms with van der Waals surface area (Å²) in [5.41, 5.74) is 0.910. The number of sulfone groups is 1. The number of rotatable bonds is 5. The second-order valence-corrected chi connectivity index (χ2v) is 6.69. The van der Waals surface area contributed by atoms with Crippen LogP contribution in [0.15, 0.2) is 5.38 Å². The lowest BCUT2D eigenvalue weighted by Crippen LogP contribution is -2.12. The van der Waals surface area contributed by atoms with E-state index >= 15 is 0 Å². The summed E-state index contributed by atoms with van der Waals surface area (Å²) >= 11 is 1.40. The molecule has 0 bridgehead atoms. The molecule has 1 aromatic heterocycles. The normalized spacial score (nSPS) is 14.1. The molecule has 0 aliphatic heterocycles. The van der Waals surface area contributed by atoms with E-state index in [2.05, 4.69) is 10.3 Å². The topological polar surface area (TPSA) is 59.1 Å². The van der Waals surface area contributed by atoms with Gasteiger partial charge < -0.3 is 5.32 Å². The minimum atomic E-state index is -3.04. The van der Waals surface area contributed by atoms with E-state index in [1.54, 1.807) is 6.92 Å². The Labute approximate surface area is 94.7 Å². The zero-order chi connectivity index (χ0) is 11.5.